The summed E-state index contributed by atoms with van der Waals surface area (Å²) in [6, 6.07) is 11.5. The second kappa shape index (κ2) is 6.15. The van der Waals surface area contributed by atoms with Gasteiger partial charge in [-0.15, -0.1) is 0 Å². The van der Waals surface area contributed by atoms with Crippen molar-refractivity contribution in [1.29, 1.82) is 0 Å². The number of fused-ring (bicyclic) bond motifs is 1. The second-order valence-corrected chi connectivity index (χ2v) is 6.30. The third-order valence-corrected chi connectivity index (χ3v) is 4.51. The van der Waals surface area contributed by atoms with Crippen LogP contribution in [0.3, 0.4) is 0 Å². The number of pyridine rings is 2. The van der Waals surface area contributed by atoms with Crippen molar-refractivity contribution in [2.75, 3.05) is 5.73 Å². The Bertz CT molecular complexity index is 1150. The Morgan fingerprint density at radius 2 is 2.04 bits per heavy atom. The molecule has 0 aliphatic carbocycles. The van der Waals surface area contributed by atoms with Crippen LogP contribution in [0.1, 0.15) is 17.0 Å². The molecule has 0 bridgehead atoms. The highest BCUT2D eigenvalue weighted by Gasteiger charge is 2.15. The minimum Gasteiger partial charge on any atom is -0.394 e. The smallest absolute Gasteiger partial charge is 0.274 e. The van der Waals surface area contributed by atoms with Crippen molar-refractivity contribution >= 4 is 16.6 Å². The lowest BCUT2D eigenvalue weighted by Gasteiger charge is -2.12. The van der Waals surface area contributed by atoms with Crippen molar-refractivity contribution in [3.63, 3.8) is 0 Å². The number of aryl methyl sites for hydroxylation is 2. The summed E-state index contributed by atoms with van der Waals surface area (Å²) in [7, 11) is 0. The number of rotatable bonds is 3. The molecular formula is C20H18N4O2. The van der Waals surface area contributed by atoms with Crippen molar-refractivity contribution in [3.8, 4) is 11.1 Å². The van der Waals surface area contributed by atoms with Crippen molar-refractivity contribution in [3.05, 3.63) is 76.2 Å². The van der Waals surface area contributed by atoms with E-state index >= 15 is 0 Å². The Labute approximate surface area is 149 Å². The maximum Gasteiger partial charge on any atom is 0.274 e. The van der Waals surface area contributed by atoms with Gasteiger partial charge in [-0.05, 0) is 37.6 Å². The van der Waals surface area contributed by atoms with Gasteiger partial charge in [-0.25, -0.2) is 0 Å². The van der Waals surface area contributed by atoms with Crippen LogP contribution in [0.15, 0.2) is 58.1 Å². The number of hydrogen-bond acceptors (Lipinski definition) is 5. The summed E-state index contributed by atoms with van der Waals surface area (Å²) >= 11 is 0. The third-order valence-electron chi connectivity index (χ3n) is 4.51. The molecule has 0 saturated carbocycles. The van der Waals surface area contributed by atoms with Crippen LogP contribution in [0.4, 0.5) is 5.69 Å². The van der Waals surface area contributed by atoms with Crippen LogP contribution in [0.2, 0.25) is 0 Å². The molecule has 0 radical (unpaired) electrons. The average molecular weight is 346 g/mol. The van der Waals surface area contributed by atoms with Gasteiger partial charge in [-0.1, -0.05) is 23.4 Å². The lowest BCUT2D eigenvalue weighted by molar-refractivity contribution is 0.393. The first-order valence-corrected chi connectivity index (χ1v) is 8.30. The zero-order valence-corrected chi connectivity index (χ0v) is 14.6. The normalized spacial score (nSPS) is 11.2. The van der Waals surface area contributed by atoms with Gasteiger partial charge in [0.2, 0.25) is 0 Å². The zero-order valence-electron chi connectivity index (χ0n) is 14.6. The molecule has 6 nitrogen and oxygen atoms in total. The lowest BCUT2D eigenvalue weighted by atomic mass is 10.1. The topological polar surface area (TPSA) is 86.9 Å². The summed E-state index contributed by atoms with van der Waals surface area (Å²) in [6.45, 7) is 4.12. The van der Waals surface area contributed by atoms with Gasteiger partial charge >= 0.3 is 0 Å². The van der Waals surface area contributed by atoms with Crippen LogP contribution in [-0.4, -0.2) is 14.7 Å². The molecule has 0 fully saturated rings. The molecule has 130 valence electrons. The van der Waals surface area contributed by atoms with Gasteiger partial charge < -0.3 is 14.8 Å². The molecule has 26 heavy (non-hydrogen) atoms. The summed E-state index contributed by atoms with van der Waals surface area (Å²) in [5, 5.41) is 5.00. The largest absolute Gasteiger partial charge is 0.394 e. The van der Waals surface area contributed by atoms with E-state index in [1.54, 1.807) is 23.0 Å². The number of hydrogen-bond donors (Lipinski definition) is 1. The molecule has 1 aromatic carbocycles. The van der Waals surface area contributed by atoms with Gasteiger partial charge in [0.15, 0.2) is 0 Å². The highest BCUT2D eigenvalue weighted by Crippen LogP contribution is 2.27. The van der Waals surface area contributed by atoms with Crippen LogP contribution >= 0.6 is 0 Å². The molecule has 2 N–H and O–H groups in total. The van der Waals surface area contributed by atoms with E-state index in [1.807, 2.05) is 44.2 Å². The van der Waals surface area contributed by atoms with Gasteiger partial charge in [0.1, 0.15) is 5.76 Å². The maximum absolute atomic E-state index is 12.6. The van der Waals surface area contributed by atoms with Gasteiger partial charge in [-0.3, -0.25) is 9.78 Å². The van der Waals surface area contributed by atoms with Crippen molar-refractivity contribution in [2.24, 2.45) is 0 Å². The maximum atomic E-state index is 12.6. The van der Waals surface area contributed by atoms with E-state index in [0.717, 1.165) is 33.3 Å². The van der Waals surface area contributed by atoms with E-state index in [9.17, 15) is 4.79 Å². The van der Waals surface area contributed by atoms with Crippen LogP contribution in [0.25, 0.3) is 22.0 Å². The fraction of sp³-hybridized carbons (Fsp3) is 0.150. The molecule has 0 spiro atoms. The Balaban J connectivity index is 1.85. The van der Waals surface area contributed by atoms with E-state index < -0.39 is 0 Å². The number of anilines is 1. The summed E-state index contributed by atoms with van der Waals surface area (Å²) in [4.78, 5) is 17.0. The zero-order chi connectivity index (χ0) is 18.3. The number of nitrogens with zero attached hydrogens (tertiary/aromatic N) is 3. The first-order valence-electron chi connectivity index (χ1n) is 8.30. The summed E-state index contributed by atoms with van der Waals surface area (Å²) in [5.41, 5.74) is 10.3. The summed E-state index contributed by atoms with van der Waals surface area (Å²) in [6.07, 6.45) is 3.56. The van der Waals surface area contributed by atoms with E-state index in [-0.39, 0.29) is 11.2 Å². The first kappa shape index (κ1) is 16.1. The fourth-order valence-electron chi connectivity index (χ4n) is 3.30. The molecule has 3 aromatic heterocycles. The molecule has 4 rings (SSSR count). The predicted octanol–water partition coefficient (Wildman–Crippen LogP) is 3.30. The number of aromatic nitrogens is 3. The molecule has 6 heteroatoms. The van der Waals surface area contributed by atoms with Crippen LogP contribution in [-0.2, 0) is 6.54 Å². The number of benzene rings is 1. The van der Waals surface area contributed by atoms with Gasteiger partial charge in [-0.2, -0.15) is 0 Å². The van der Waals surface area contributed by atoms with E-state index in [4.69, 9.17) is 10.3 Å². The lowest BCUT2D eigenvalue weighted by Crippen LogP contribution is -2.23. The van der Waals surface area contributed by atoms with Crippen LogP contribution < -0.4 is 11.3 Å². The molecule has 0 atom stereocenters. The highest BCUT2D eigenvalue weighted by atomic mass is 16.5. The molecule has 4 aromatic rings. The van der Waals surface area contributed by atoms with Crippen molar-refractivity contribution < 1.29 is 4.52 Å². The second-order valence-electron chi connectivity index (χ2n) is 6.30. The average Bonchev–Trinajstić information content (AvgIpc) is 2.97. The Kier molecular flexibility index (Phi) is 3.80. The molecule has 0 saturated heterocycles. The van der Waals surface area contributed by atoms with Crippen LogP contribution in [0.5, 0.6) is 0 Å². The van der Waals surface area contributed by atoms with Crippen molar-refractivity contribution in [2.45, 2.75) is 20.4 Å². The number of nitrogen functional groups attached to an aromatic ring is 1. The van der Waals surface area contributed by atoms with E-state index in [2.05, 4.69) is 10.1 Å². The molecular weight excluding hydrogens is 328 g/mol. The standard InChI is InChI=1S/C20H18N4O2/c1-12-19(13(2)26-23-12)15-9-17(21)20(25)24(11-15)10-14-5-3-7-18-16(14)6-4-8-22-18/h3-9,11H,10,21H2,1-2H3. The van der Waals surface area contributed by atoms with E-state index in [0.29, 0.717) is 12.3 Å². The van der Waals surface area contributed by atoms with Gasteiger partial charge in [0, 0.05) is 28.9 Å². The fourth-order valence-corrected chi connectivity index (χ4v) is 3.30. The van der Waals surface area contributed by atoms with Gasteiger partial charge in [0.25, 0.3) is 5.56 Å². The quantitative estimate of drug-likeness (QED) is 0.615. The SMILES string of the molecule is Cc1noc(C)c1-c1cc(N)c(=O)n(Cc2cccc3ncccc23)c1. The Morgan fingerprint density at radius 1 is 1.19 bits per heavy atom. The third kappa shape index (κ3) is 2.65. The summed E-state index contributed by atoms with van der Waals surface area (Å²) in [5.74, 6) is 0.696. The van der Waals surface area contributed by atoms with Crippen LogP contribution in [0, 0.1) is 13.8 Å². The molecule has 3 heterocycles. The number of nitrogens with two attached hydrogens (primary N) is 1. The molecule has 0 amide bonds. The highest BCUT2D eigenvalue weighted by molar-refractivity contribution is 5.82. The molecule has 0 aliphatic rings. The summed E-state index contributed by atoms with van der Waals surface area (Å²) < 4.78 is 6.87. The first-order chi connectivity index (χ1) is 12.5. The minimum atomic E-state index is -0.221. The van der Waals surface area contributed by atoms with Gasteiger partial charge in [0.05, 0.1) is 23.4 Å². The van der Waals surface area contributed by atoms with E-state index in [1.165, 1.54) is 0 Å². The molecule has 0 aliphatic heterocycles. The molecule has 0 unspecified atom stereocenters. The Morgan fingerprint density at radius 3 is 2.81 bits per heavy atom. The monoisotopic (exact) mass is 346 g/mol. The Hall–Kier alpha value is -3.41. The predicted molar refractivity (Wildman–Crippen MR) is 101 cm³/mol. The van der Waals surface area contributed by atoms with Crippen molar-refractivity contribution in [1.82, 2.24) is 14.7 Å². The minimum absolute atomic E-state index is 0.195.